The third-order valence-corrected chi connectivity index (χ3v) is 4.76. The predicted molar refractivity (Wildman–Crippen MR) is 113 cm³/mol. The molecule has 10 heteroatoms. The van der Waals surface area contributed by atoms with Crippen LogP contribution in [0.4, 0.5) is 11.4 Å². The van der Waals surface area contributed by atoms with E-state index in [-0.39, 0.29) is 17.6 Å². The molecule has 0 bridgehead atoms. The van der Waals surface area contributed by atoms with E-state index in [9.17, 15) is 14.4 Å². The first-order valence-electron chi connectivity index (χ1n) is 8.86. The lowest BCUT2D eigenvalue weighted by atomic mass is 10.1. The van der Waals surface area contributed by atoms with Crippen LogP contribution in [0.3, 0.4) is 0 Å². The SMILES string of the molecule is CC(=O)Nc1ccc2cc(C(=O)Nc3ccc(Cl)cc3-c3noc(=O)[nH]3)n(C)c2c1. The highest BCUT2D eigenvalue weighted by Crippen LogP contribution is 2.29. The summed E-state index contributed by atoms with van der Waals surface area (Å²) in [6.45, 7) is 1.43. The molecule has 0 saturated heterocycles. The Labute approximate surface area is 174 Å². The molecule has 30 heavy (non-hydrogen) atoms. The number of hydrogen-bond acceptors (Lipinski definition) is 5. The van der Waals surface area contributed by atoms with Gasteiger partial charge in [0.05, 0.1) is 11.2 Å². The maximum atomic E-state index is 13.0. The molecule has 4 rings (SSSR count). The summed E-state index contributed by atoms with van der Waals surface area (Å²) in [4.78, 5) is 38.0. The van der Waals surface area contributed by atoms with Crippen LogP contribution in [0.25, 0.3) is 22.3 Å². The molecule has 0 atom stereocenters. The van der Waals surface area contributed by atoms with Crippen LogP contribution in [-0.4, -0.2) is 26.5 Å². The summed E-state index contributed by atoms with van der Waals surface area (Å²) in [5, 5.41) is 10.5. The van der Waals surface area contributed by atoms with Gasteiger partial charge in [-0.1, -0.05) is 22.8 Å². The van der Waals surface area contributed by atoms with E-state index in [0.717, 1.165) is 10.9 Å². The number of nitrogens with zero attached hydrogens (tertiary/aromatic N) is 2. The van der Waals surface area contributed by atoms with E-state index in [1.807, 2.05) is 6.07 Å². The van der Waals surface area contributed by atoms with Crippen molar-refractivity contribution in [1.82, 2.24) is 14.7 Å². The molecule has 0 aliphatic rings. The maximum Gasteiger partial charge on any atom is 0.439 e. The van der Waals surface area contributed by atoms with Gasteiger partial charge in [-0.25, -0.2) is 4.79 Å². The lowest BCUT2D eigenvalue weighted by Gasteiger charge is -2.10. The van der Waals surface area contributed by atoms with E-state index in [1.54, 1.807) is 48.0 Å². The minimum Gasteiger partial charge on any atom is -0.340 e. The van der Waals surface area contributed by atoms with Gasteiger partial charge >= 0.3 is 5.76 Å². The first kappa shape index (κ1) is 19.5. The average Bonchev–Trinajstić information content (AvgIpc) is 3.26. The Kier molecular flexibility index (Phi) is 4.88. The number of halogens is 1. The second-order valence-corrected chi connectivity index (χ2v) is 7.07. The van der Waals surface area contributed by atoms with Gasteiger partial charge in [-0.3, -0.25) is 19.1 Å². The zero-order valence-electron chi connectivity index (χ0n) is 15.9. The van der Waals surface area contributed by atoms with Crippen LogP contribution in [0, 0.1) is 0 Å². The van der Waals surface area contributed by atoms with Gasteiger partial charge in [0.2, 0.25) is 5.91 Å². The van der Waals surface area contributed by atoms with E-state index in [1.165, 1.54) is 6.92 Å². The highest BCUT2D eigenvalue weighted by Gasteiger charge is 2.18. The molecule has 2 heterocycles. The minimum atomic E-state index is -0.717. The molecular weight excluding hydrogens is 410 g/mol. The van der Waals surface area contributed by atoms with Crippen molar-refractivity contribution in [3.8, 4) is 11.4 Å². The fourth-order valence-corrected chi connectivity index (χ4v) is 3.35. The van der Waals surface area contributed by atoms with Crippen molar-refractivity contribution in [2.45, 2.75) is 6.92 Å². The highest BCUT2D eigenvalue weighted by molar-refractivity contribution is 6.31. The van der Waals surface area contributed by atoms with Gasteiger partial charge in [-0.2, -0.15) is 0 Å². The van der Waals surface area contributed by atoms with Gasteiger partial charge in [0.1, 0.15) is 5.69 Å². The molecule has 0 spiro atoms. The molecule has 0 saturated carbocycles. The largest absolute Gasteiger partial charge is 0.439 e. The van der Waals surface area contributed by atoms with E-state index in [4.69, 9.17) is 11.6 Å². The number of amides is 2. The standard InChI is InChI=1S/C20H16ClN5O4/c1-10(27)22-13-5-3-11-7-17(26(2)16(11)9-13)19(28)23-15-6-4-12(21)8-14(15)18-24-20(29)30-25-18/h3-9H,1-2H3,(H,22,27)(H,23,28)(H,24,25,29). The fraction of sp³-hybridized carbons (Fsp3) is 0.100. The number of nitrogens with one attached hydrogen (secondary N) is 3. The molecule has 2 aromatic carbocycles. The van der Waals surface area contributed by atoms with Gasteiger partial charge in [0, 0.05) is 35.6 Å². The molecule has 2 aromatic heterocycles. The predicted octanol–water partition coefficient (Wildman–Crippen LogP) is 3.39. The van der Waals surface area contributed by atoms with Gasteiger partial charge in [-0.05, 0) is 36.4 Å². The van der Waals surface area contributed by atoms with Crippen LogP contribution in [0.15, 0.2) is 51.8 Å². The summed E-state index contributed by atoms with van der Waals surface area (Å²) in [5.74, 6) is -1.12. The minimum absolute atomic E-state index is 0.148. The maximum absolute atomic E-state index is 13.0. The lowest BCUT2D eigenvalue weighted by molar-refractivity contribution is -0.114. The van der Waals surface area contributed by atoms with Crippen molar-refractivity contribution in [3.63, 3.8) is 0 Å². The van der Waals surface area contributed by atoms with Gasteiger partial charge in [0.25, 0.3) is 5.91 Å². The van der Waals surface area contributed by atoms with Gasteiger partial charge in [0.15, 0.2) is 5.82 Å². The third-order valence-electron chi connectivity index (χ3n) is 4.52. The number of fused-ring (bicyclic) bond motifs is 1. The topological polar surface area (TPSA) is 122 Å². The van der Waals surface area contributed by atoms with Crippen LogP contribution in [-0.2, 0) is 11.8 Å². The van der Waals surface area contributed by atoms with E-state index in [0.29, 0.717) is 27.7 Å². The zero-order chi connectivity index (χ0) is 21.4. The molecule has 2 amide bonds. The molecule has 152 valence electrons. The fourth-order valence-electron chi connectivity index (χ4n) is 3.18. The molecule has 9 nitrogen and oxygen atoms in total. The Morgan fingerprint density at radius 3 is 2.63 bits per heavy atom. The Bertz CT molecular complexity index is 1350. The van der Waals surface area contributed by atoms with Gasteiger partial charge in [-0.15, -0.1) is 0 Å². The van der Waals surface area contributed by atoms with E-state index >= 15 is 0 Å². The molecule has 0 aliphatic heterocycles. The number of aryl methyl sites for hydroxylation is 1. The average molecular weight is 426 g/mol. The number of hydrogen-bond donors (Lipinski definition) is 3. The first-order valence-corrected chi connectivity index (χ1v) is 9.24. The first-order chi connectivity index (χ1) is 14.3. The van der Waals surface area contributed by atoms with Crippen LogP contribution in [0.2, 0.25) is 5.02 Å². The third kappa shape index (κ3) is 3.70. The lowest BCUT2D eigenvalue weighted by Crippen LogP contribution is -2.16. The second kappa shape index (κ2) is 7.53. The number of anilines is 2. The summed E-state index contributed by atoms with van der Waals surface area (Å²) in [7, 11) is 1.76. The van der Waals surface area contributed by atoms with Crippen molar-refractivity contribution in [1.29, 1.82) is 0 Å². The number of benzene rings is 2. The molecule has 0 fully saturated rings. The van der Waals surface area contributed by atoms with Crippen LogP contribution in [0.5, 0.6) is 0 Å². The van der Waals surface area contributed by atoms with E-state index in [2.05, 4.69) is 25.3 Å². The summed E-state index contributed by atoms with van der Waals surface area (Å²) in [6, 6.07) is 11.9. The summed E-state index contributed by atoms with van der Waals surface area (Å²) >= 11 is 6.06. The van der Waals surface area contributed by atoms with Crippen molar-refractivity contribution in [3.05, 3.63) is 63.7 Å². The van der Waals surface area contributed by atoms with Crippen molar-refractivity contribution in [2.75, 3.05) is 10.6 Å². The highest BCUT2D eigenvalue weighted by atomic mass is 35.5. The molecule has 3 N–H and O–H groups in total. The number of aromatic amines is 1. The molecule has 0 unspecified atom stereocenters. The van der Waals surface area contributed by atoms with Crippen LogP contribution >= 0.6 is 11.6 Å². The monoisotopic (exact) mass is 425 g/mol. The van der Waals surface area contributed by atoms with Crippen molar-refractivity contribution in [2.24, 2.45) is 7.05 Å². The van der Waals surface area contributed by atoms with Crippen molar-refractivity contribution >= 4 is 45.7 Å². The van der Waals surface area contributed by atoms with Crippen LogP contribution < -0.4 is 16.4 Å². The summed E-state index contributed by atoms with van der Waals surface area (Å²) in [5.41, 5.74) is 2.63. The Balaban J connectivity index is 1.69. The van der Waals surface area contributed by atoms with Gasteiger partial charge < -0.3 is 15.2 Å². The molecular formula is C20H16ClN5O4. The molecule has 0 radical (unpaired) electrons. The summed E-state index contributed by atoms with van der Waals surface area (Å²) < 4.78 is 6.28. The summed E-state index contributed by atoms with van der Waals surface area (Å²) in [6.07, 6.45) is 0. The Hall–Kier alpha value is -3.85. The number of aromatic nitrogens is 3. The second-order valence-electron chi connectivity index (χ2n) is 6.63. The van der Waals surface area contributed by atoms with E-state index < -0.39 is 5.76 Å². The number of carbonyl (C=O) groups is 2. The number of rotatable bonds is 4. The molecule has 4 aromatic rings. The number of carbonyl (C=O) groups excluding carboxylic acids is 2. The zero-order valence-corrected chi connectivity index (χ0v) is 16.7. The van der Waals surface area contributed by atoms with Crippen molar-refractivity contribution < 1.29 is 14.1 Å². The quantitative estimate of drug-likeness (QED) is 0.462. The number of H-pyrrole nitrogens is 1. The Morgan fingerprint density at radius 2 is 1.93 bits per heavy atom. The normalized spacial score (nSPS) is 10.9. The van der Waals surface area contributed by atoms with Crippen LogP contribution in [0.1, 0.15) is 17.4 Å². The Morgan fingerprint density at radius 1 is 1.13 bits per heavy atom. The smallest absolute Gasteiger partial charge is 0.340 e. The molecule has 0 aliphatic carbocycles.